The Morgan fingerprint density at radius 3 is 1.70 bits per heavy atom. The SMILES string of the molecule is CC1(C)c2ccccc2-c2ccc(-c3ccccc3N(c3ccc(-c4ccc5c(ccc6ccccc65)c4)cc3)c3cccc(-c4cccc5c4C(C)(C)c4ccccc4-5)c3)cc21. The smallest absolute Gasteiger partial charge is 0.0540 e. The lowest BCUT2D eigenvalue weighted by molar-refractivity contribution is 0.660. The Balaban J connectivity index is 1.01. The lowest BCUT2D eigenvalue weighted by atomic mass is 9.79. The monoisotopic (exact) mass is 805 g/mol. The zero-order valence-electron chi connectivity index (χ0n) is 36.2. The largest absolute Gasteiger partial charge is 0.310 e. The van der Waals surface area contributed by atoms with Gasteiger partial charge >= 0.3 is 0 Å². The molecule has 0 atom stereocenters. The minimum Gasteiger partial charge on any atom is -0.310 e. The van der Waals surface area contributed by atoms with E-state index < -0.39 is 0 Å². The van der Waals surface area contributed by atoms with Crippen LogP contribution in [0.4, 0.5) is 17.1 Å². The standard InChI is InChI=1S/C62H47N/c1-61(2)56-24-10-7-20-52(56)54-36-32-45(39-58(54)61)50-19-9-12-26-59(50)63(46-33-29-40(30-34-46)42-31-35-49-44(37-42)28-27-41-15-5-6-18-48(41)49)47-17-13-16-43(38-47)51-22-14-23-55-53-21-8-11-25-57(53)62(3,4)60(51)55/h5-39H,1-4H3. The lowest BCUT2D eigenvalue weighted by Crippen LogP contribution is -2.16. The summed E-state index contributed by atoms with van der Waals surface area (Å²) in [5.74, 6) is 0. The van der Waals surface area contributed by atoms with Gasteiger partial charge in [-0.2, -0.15) is 0 Å². The summed E-state index contributed by atoms with van der Waals surface area (Å²) in [6.07, 6.45) is 0. The molecule has 0 aliphatic heterocycles. The average Bonchev–Trinajstić information content (AvgIpc) is 3.71. The van der Waals surface area contributed by atoms with Crippen molar-refractivity contribution in [3.05, 3.63) is 235 Å². The number of nitrogens with zero attached hydrogens (tertiary/aromatic N) is 1. The molecule has 0 bridgehead atoms. The molecule has 0 saturated carbocycles. The number of para-hydroxylation sites is 1. The van der Waals surface area contributed by atoms with Gasteiger partial charge in [0.05, 0.1) is 5.69 Å². The van der Waals surface area contributed by atoms with Gasteiger partial charge in [-0.3, -0.25) is 0 Å². The maximum atomic E-state index is 2.46. The number of fused-ring (bicyclic) bond motifs is 9. The van der Waals surface area contributed by atoms with E-state index in [0.717, 1.165) is 17.1 Å². The third kappa shape index (κ3) is 5.76. The molecule has 300 valence electrons. The van der Waals surface area contributed by atoms with E-state index in [1.54, 1.807) is 0 Å². The van der Waals surface area contributed by atoms with Crippen LogP contribution >= 0.6 is 0 Å². The molecule has 1 nitrogen and oxygen atoms in total. The molecular formula is C62H47N. The van der Waals surface area contributed by atoms with Gasteiger partial charge in [-0.15, -0.1) is 0 Å². The van der Waals surface area contributed by atoms with E-state index in [1.165, 1.54) is 99.4 Å². The molecule has 2 aliphatic rings. The molecule has 12 rings (SSSR count). The van der Waals surface area contributed by atoms with Gasteiger partial charge in [0.1, 0.15) is 0 Å². The molecule has 0 spiro atoms. The first-order valence-corrected chi connectivity index (χ1v) is 22.3. The zero-order chi connectivity index (χ0) is 42.5. The Bertz CT molecular complexity index is 3460. The van der Waals surface area contributed by atoms with Crippen LogP contribution in [0.3, 0.4) is 0 Å². The van der Waals surface area contributed by atoms with Gasteiger partial charge in [0.25, 0.3) is 0 Å². The van der Waals surface area contributed by atoms with E-state index in [4.69, 9.17) is 0 Å². The maximum absolute atomic E-state index is 2.46. The summed E-state index contributed by atoms with van der Waals surface area (Å²) in [5, 5.41) is 5.09. The highest BCUT2D eigenvalue weighted by molar-refractivity contribution is 6.08. The van der Waals surface area contributed by atoms with E-state index in [9.17, 15) is 0 Å². The Labute approximate surface area is 370 Å². The quantitative estimate of drug-likeness (QED) is 0.151. The molecule has 10 aromatic carbocycles. The van der Waals surface area contributed by atoms with Gasteiger partial charge in [0, 0.05) is 27.8 Å². The fraction of sp³-hybridized carbons (Fsp3) is 0.0968. The molecule has 10 aromatic rings. The molecule has 2 aliphatic carbocycles. The molecule has 0 fully saturated rings. The van der Waals surface area contributed by atoms with Crippen molar-refractivity contribution in [1.82, 2.24) is 0 Å². The predicted molar refractivity (Wildman–Crippen MR) is 268 cm³/mol. The van der Waals surface area contributed by atoms with Gasteiger partial charge in [-0.1, -0.05) is 198 Å². The second kappa shape index (κ2) is 14.0. The first kappa shape index (κ1) is 37.3. The van der Waals surface area contributed by atoms with Crippen LogP contribution in [-0.4, -0.2) is 0 Å². The summed E-state index contributed by atoms with van der Waals surface area (Å²) in [4.78, 5) is 2.46. The second-order valence-electron chi connectivity index (χ2n) is 18.5. The molecule has 0 heterocycles. The van der Waals surface area contributed by atoms with Crippen molar-refractivity contribution < 1.29 is 0 Å². The van der Waals surface area contributed by atoms with Gasteiger partial charge in [0.2, 0.25) is 0 Å². The Hall–Kier alpha value is -7.48. The maximum Gasteiger partial charge on any atom is 0.0540 e. The molecule has 63 heavy (non-hydrogen) atoms. The molecule has 1 heteroatoms. The number of hydrogen-bond donors (Lipinski definition) is 0. The van der Waals surface area contributed by atoms with Crippen LogP contribution in [0.2, 0.25) is 0 Å². The van der Waals surface area contributed by atoms with Crippen LogP contribution in [0.25, 0.3) is 77.2 Å². The zero-order valence-corrected chi connectivity index (χ0v) is 36.2. The highest BCUT2D eigenvalue weighted by Gasteiger charge is 2.38. The third-order valence-corrected chi connectivity index (χ3v) is 14.2. The van der Waals surface area contributed by atoms with Crippen molar-refractivity contribution >= 4 is 38.6 Å². The first-order valence-electron chi connectivity index (χ1n) is 22.3. The summed E-state index contributed by atoms with van der Waals surface area (Å²) in [5.41, 5.74) is 21.3. The van der Waals surface area contributed by atoms with Crippen LogP contribution in [0.5, 0.6) is 0 Å². The van der Waals surface area contributed by atoms with E-state index in [1.807, 2.05) is 0 Å². The van der Waals surface area contributed by atoms with Crippen molar-refractivity contribution in [3.63, 3.8) is 0 Å². The Kier molecular flexibility index (Phi) is 8.30. The van der Waals surface area contributed by atoms with Crippen molar-refractivity contribution in [1.29, 1.82) is 0 Å². The summed E-state index contributed by atoms with van der Waals surface area (Å²) < 4.78 is 0. The van der Waals surface area contributed by atoms with Gasteiger partial charge in [-0.05, 0) is 136 Å². The van der Waals surface area contributed by atoms with Crippen molar-refractivity contribution in [3.8, 4) is 55.6 Å². The number of anilines is 3. The Morgan fingerprint density at radius 2 is 0.873 bits per heavy atom. The molecule has 0 aromatic heterocycles. The summed E-state index contributed by atoms with van der Waals surface area (Å²) in [7, 11) is 0. The molecule has 0 unspecified atom stereocenters. The molecule has 0 N–H and O–H groups in total. The van der Waals surface area contributed by atoms with Crippen molar-refractivity contribution in [2.45, 2.75) is 38.5 Å². The Morgan fingerprint density at radius 1 is 0.302 bits per heavy atom. The summed E-state index contributed by atoms with van der Waals surface area (Å²) in [6, 6.07) is 79.1. The van der Waals surface area contributed by atoms with Crippen molar-refractivity contribution in [2.75, 3.05) is 4.90 Å². The second-order valence-corrected chi connectivity index (χ2v) is 18.5. The number of rotatable bonds is 6. The topological polar surface area (TPSA) is 3.24 Å². The van der Waals surface area contributed by atoms with E-state index in [-0.39, 0.29) is 10.8 Å². The minimum absolute atomic E-state index is 0.0973. The van der Waals surface area contributed by atoms with Crippen LogP contribution < -0.4 is 4.90 Å². The van der Waals surface area contributed by atoms with E-state index >= 15 is 0 Å². The van der Waals surface area contributed by atoms with Gasteiger partial charge in [-0.25, -0.2) is 0 Å². The lowest BCUT2D eigenvalue weighted by Gasteiger charge is -2.29. The highest BCUT2D eigenvalue weighted by atomic mass is 15.1. The average molecular weight is 806 g/mol. The number of benzene rings is 10. The van der Waals surface area contributed by atoms with Gasteiger partial charge in [0.15, 0.2) is 0 Å². The summed E-state index contributed by atoms with van der Waals surface area (Å²) in [6.45, 7) is 9.49. The van der Waals surface area contributed by atoms with Crippen LogP contribution in [0.1, 0.15) is 49.9 Å². The predicted octanol–water partition coefficient (Wildman–Crippen LogP) is 17.1. The molecule has 0 radical (unpaired) electrons. The molecule has 0 saturated heterocycles. The van der Waals surface area contributed by atoms with Crippen LogP contribution in [-0.2, 0) is 10.8 Å². The van der Waals surface area contributed by atoms with E-state index in [0.29, 0.717) is 0 Å². The summed E-state index contributed by atoms with van der Waals surface area (Å²) >= 11 is 0. The third-order valence-electron chi connectivity index (χ3n) is 14.2. The normalized spacial score (nSPS) is 14.0. The minimum atomic E-state index is -0.127. The molecular weight excluding hydrogens is 759 g/mol. The number of hydrogen-bond acceptors (Lipinski definition) is 1. The van der Waals surface area contributed by atoms with Gasteiger partial charge < -0.3 is 4.90 Å². The molecule has 0 amide bonds. The van der Waals surface area contributed by atoms with Crippen molar-refractivity contribution in [2.24, 2.45) is 0 Å². The highest BCUT2D eigenvalue weighted by Crippen LogP contribution is 2.54. The van der Waals surface area contributed by atoms with E-state index in [2.05, 4.69) is 245 Å². The van der Waals surface area contributed by atoms with Crippen LogP contribution in [0, 0.1) is 0 Å². The fourth-order valence-corrected chi connectivity index (χ4v) is 11.1. The first-order chi connectivity index (χ1) is 30.8. The fourth-order valence-electron chi connectivity index (χ4n) is 11.1. The van der Waals surface area contributed by atoms with Crippen LogP contribution in [0.15, 0.2) is 212 Å².